The van der Waals surface area contributed by atoms with E-state index in [1.807, 2.05) is 31.2 Å². The topological polar surface area (TPSA) is 82.8 Å². The molecule has 27 heavy (non-hydrogen) atoms. The van der Waals surface area contributed by atoms with E-state index in [4.69, 9.17) is 9.47 Å². The van der Waals surface area contributed by atoms with Crippen LogP contribution in [-0.2, 0) is 32.2 Å². The van der Waals surface area contributed by atoms with Gasteiger partial charge in [0.15, 0.2) is 0 Å². The number of imidazole rings is 1. The van der Waals surface area contributed by atoms with Gasteiger partial charge in [0.1, 0.15) is 13.1 Å². The SMILES string of the molecule is CCCn1c(=O)n(CC(=O)N(CCOC)CC(=O)OCC)c2ccccc21. The average Bonchev–Trinajstić information content (AvgIpc) is 2.91. The van der Waals surface area contributed by atoms with Crippen molar-refractivity contribution >= 4 is 22.9 Å². The molecular formula is C19H27N3O5. The number of hydrogen-bond acceptors (Lipinski definition) is 5. The van der Waals surface area contributed by atoms with Gasteiger partial charge in [0.25, 0.3) is 0 Å². The lowest BCUT2D eigenvalue weighted by Crippen LogP contribution is -2.42. The summed E-state index contributed by atoms with van der Waals surface area (Å²) < 4.78 is 13.1. The van der Waals surface area contributed by atoms with Crippen LogP contribution >= 0.6 is 0 Å². The molecule has 0 fully saturated rings. The number of methoxy groups -OCH3 is 1. The number of para-hydroxylation sites is 2. The molecule has 0 saturated heterocycles. The zero-order valence-corrected chi connectivity index (χ0v) is 16.1. The Balaban J connectivity index is 2.30. The zero-order valence-electron chi connectivity index (χ0n) is 16.1. The van der Waals surface area contributed by atoms with E-state index in [0.29, 0.717) is 12.1 Å². The molecule has 1 heterocycles. The third kappa shape index (κ3) is 4.97. The quantitative estimate of drug-likeness (QED) is 0.582. The fraction of sp³-hybridized carbons (Fsp3) is 0.526. The number of aromatic nitrogens is 2. The number of ether oxygens (including phenoxy) is 2. The van der Waals surface area contributed by atoms with Gasteiger partial charge in [0.05, 0.1) is 24.2 Å². The van der Waals surface area contributed by atoms with Crippen molar-refractivity contribution in [1.29, 1.82) is 0 Å². The summed E-state index contributed by atoms with van der Waals surface area (Å²) in [6, 6.07) is 7.39. The molecule has 0 aliphatic rings. The van der Waals surface area contributed by atoms with E-state index in [1.165, 1.54) is 16.6 Å². The van der Waals surface area contributed by atoms with Gasteiger partial charge in [-0.15, -0.1) is 0 Å². The van der Waals surface area contributed by atoms with E-state index in [-0.39, 0.29) is 44.4 Å². The first kappa shape index (κ1) is 20.7. The highest BCUT2D eigenvalue weighted by Crippen LogP contribution is 2.13. The average molecular weight is 377 g/mol. The monoisotopic (exact) mass is 377 g/mol. The molecule has 0 atom stereocenters. The van der Waals surface area contributed by atoms with Crippen LogP contribution in [0.3, 0.4) is 0 Å². The minimum absolute atomic E-state index is 0.140. The van der Waals surface area contributed by atoms with E-state index in [0.717, 1.165) is 11.9 Å². The van der Waals surface area contributed by atoms with E-state index in [9.17, 15) is 14.4 Å². The summed E-state index contributed by atoms with van der Waals surface area (Å²) in [5.41, 5.74) is 1.27. The summed E-state index contributed by atoms with van der Waals surface area (Å²) in [6.45, 7) is 4.76. The number of rotatable bonds is 10. The van der Waals surface area contributed by atoms with Crippen molar-refractivity contribution in [1.82, 2.24) is 14.0 Å². The Morgan fingerprint density at radius 3 is 2.37 bits per heavy atom. The Morgan fingerprint density at radius 1 is 1.11 bits per heavy atom. The number of benzene rings is 1. The molecule has 1 aromatic carbocycles. The van der Waals surface area contributed by atoms with Gasteiger partial charge in [-0.3, -0.25) is 18.7 Å². The number of aryl methyl sites for hydroxylation is 1. The van der Waals surface area contributed by atoms with Gasteiger partial charge >= 0.3 is 11.7 Å². The normalized spacial score (nSPS) is 10.9. The fourth-order valence-electron chi connectivity index (χ4n) is 2.96. The Kier molecular flexibility index (Phi) is 7.60. The molecule has 0 bridgehead atoms. The molecule has 1 amide bonds. The van der Waals surface area contributed by atoms with E-state index < -0.39 is 5.97 Å². The summed E-state index contributed by atoms with van der Waals surface area (Å²) in [7, 11) is 1.52. The van der Waals surface area contributed by atoms with Gasteiger partial charge in [-0.05, 0) is 25.5 Å². The lowest BCUT2D eigenvalue weighted by molar-refractivity contribution is -0.149. The summed E-state index contributed by atoms with van der Waals surface area (Å²) in [6.07, 6.45) is 0.810. The smallest absolute Gasteiger partial charge is 0.329 e. The molecule has 0 radical (unpaired) electrons. The minimum atomic E-state index is -0.484. The van der Waals surface area contributed by atoms with Crippen molar-refractivity contribution in [3.63, 3.8) is 0 Å². The van der Waals surface area contributed by atoms with Crippen LogP contribution in [0.15, 0.2) is 29.1 Å². The first-order valence-corrected chi connectivity index (χ1v) is 9.13. The summed E-state index contributed by atoms with van der Waals surface area (Å²) >= 11 is 0. The maximum absolute atomic E-state index is 12.8. The van der Waals surface area contributed by atoms with E-state index in [2.05, 4.69) is 0 Å². The molecule has 0 saturated carbocycles. The zero-order chi connectivity index (χ0) is 19.8. The Bertz CT molecular complexity index is 839. The third-order valence-corrected chi connectivity index (χ3v) is 4.21. The van der Waals surface area contributed by atoms with Crippen molar-refractivity contribution in [2.24, 2.45) is 0 Å². The van der Waals surface area contributed by atoms with Crippen molar-refractivity contribution in [2.75, 3.05) is 33.4 Å². The van der Waals surface area contributed by atoms with Gasteiger partial charge < -0.3 is 14.4 Å². The molecule has 8 nitrogen and oxygen atoms in total. The Labute approximate surface area is 158 Å². The van der Waals surface area contributed by atoms with E-state index >= 15 is 0 Å². The van der Waals surface area contributed by atoms with E-state index in [1.54, 1.807) is 11.5 Å². The van der Waals surface area contributed by atoms with Crippen LogP contribution in [0.4, 0.5) is 0 Å². The standard InChI is InChI=1S/C19H27N3O5/c1-4-10-21-15-8-6-7-9-16(15)22(19(21)25)13-17(23)20(11-12-26-3)14-18(24)27-5-2/h6-9H,4-5,10-14H2,1-3H3. The third-order valence-electron chi connectivity index (χ3n) is 4.21. The second-order valence-corrected chi connectivity index (χ2v) is 6.12. The maximum Gasteiger partial charge on any atom is 0.329 e. The van der Waals surface area contributed by atoms with Crippen molar-refractivity contribution in [2.45, 2.75) is 33.4 Å². The number of hydrogen-bond donors (Lipinski definition) is 0. The highest BCUT2D eigenvalue weighted by atomic mass is 16.5. The Morgan fingerprint density at radius 2 is 1.78 bits per heavy atom. The van der Waals surface area contributed by atoms with Crippen LogP contribution < -0.4 is 5.69 Å². The van der Waals surface area contributed by atoms with Gasteiger partial charge in [0, 0.05) is 20.2 Å². The molecule has 1 aromatic heterocycles. The molecule has 2 aromatic rings. The number of amides is 1. The molecule has 0 aliphatic carbocycles. The largest absolute Gasteiger partial charge is 0.465 e. The first-order valence-electron chi connectivity index (χ1n) is 9.13. The Hall–Kier alpha value is -2.61. The molecule has 148 valence electrons. The number of carbonyl (C=O) groups is 2. The first-order chi connectivity index (χ1) is 13.0. The van der Waals surface area contributed by atoms with Crippen LogP contribution in [0, 0.1) is 0 Å². The van der Waals surface area contributed by atoms with Crippen LogP contribution in [0.25, 0.3) is 11.0 Å². The van der Waals surface area contributed by atoms with Crippen LogP contribution in [0.2, 0.25) is 0 Å². The lowest BCUT2D eigenvalue weighted by atomic mass is 10.3. The number of carbonyl (C=O) groups excluding carboxylic acids is 2. The van der Waals surface area contributed by atoms with Crippen LogP contribution in [0.5, 0.6) is 0 Å². The molecule has 0 aliphatic heterocycles. The van der Waals surface area contributed by atoms with Gasteiger partial charge in [-0.2, -0.15) is 0 Å². The molecule has 8 heteroatoms. The van der Waals surface area contributed by atoms with Crippen LogP contribution in [0.1, 0.15) is 20.3 Å². The summed E-state index contributed by atoms with van der Waals surface area (Å²) in [5.74, 6) is -0.815. The predicted octanol–water partition coefficient (Wildman–Crippen LogP) is 1.25. The molecule has 2 rings (SSSR count). The highest BCUT2D eigenvalue weighted by Gasteiger charge is 2.21. The number of esters is 1. The fourth-order valence-corrected chi connectivity index (χ4v) is 2.96. The lowest BCUT2D eigenvalue weighted by Gasteiger charge is -2.21. The van der Waals surface area contributed by atoms with Gasteiger partial charge in [-0.25, -0.2) is 4.79 Å². The van der Waals surface area contributed by atoms with Crippen molar-refractivity contribution < 1.29 is 19.1 Å². The summed E-state index contributed by atoms with van der Waals surface area (Å²) in [5, 5.41) is 0. The van der Waals surface area contributed by atoms with Gasteiger partial charge in [0.2, 0.25) is 5.91 Å². The van der Waals surface area contributed by atoms with Crippen molar-refractivity contribution in [3.8, 4) is 0 Å². The molecule has 0 unspecified atom stereocenters. The highest BCUT2D eigenvalue weighted by molar-refractivity contribution is 5.84. The number of fused-ring (bicyclic) bond motifs is 1. The molecule has 0 spiro atoms. The molecular weight excluding hydrogens is 350 g/mol. The summed E-state index contributed by atoms with van der Waals surface area (Å²) in [4.78, 5) is 38.8. The maximum atomic E-state index is 12.8. The van der Waals surface area contributed by atoms with Gasteiger partial charge in [-0.1, -0.05) is 19.1 Å². The molecule has 0 N–H and O–H groups in total. The van der Waals surface area contributed by atoms with Crippen LogP contribution in [-0.4, -0.2) is 59.3 Å². The predicted molar refractivity (Wildman–Crippen MR) is 102 cm³/mol. The van der Waals surface area contributed by atoms with Crippen molar-refractivity contribution in [3.05, 3.63) is 34.7 Å². The second kappa shape index (κ2) is 9.91. The minimum Gasteiger partial charge on any atom is -0.465 e. The number of nitrogens with zero attached hydrogens (tertiary/aromatic N) is 3. The second-order valence-electron chi connectivity index (χ2n) is 6.12.